The molecule has 0 radical (unpaired) electrons. The van der Waals surface area contributed by atoms with Gasteiger partial charge in [0.15, 0.2) is 0 Å². The molecule has 3 heterocycles. The summed E-state index contributed by atoms with van der Waals surface area (Å²) in [7, 11) is 1.53. The Kier molecular flexibility index (Phi) is 5.88. The van der Waals surface area contributed by atoms with Crippen molar-refractivity contribution in [2.24, 2.45) is 5.41 Å². The Morgan fingerprint density at radius 3 is 2.85 bits per heavy atom. The van der Waals surface area contributed by atoms with E-state index in [2.05, 4.69) is 22.1 Å². The van der Waals surface area contributed by atoms with Gasteiger partial charge in [0.1, 0.15) is 6.61 Å². The van der Waals surface area contributed by atoms with Crippen molar-refractivity contribution in [3.8, 4) is 0 Å². The van der Waals surface area contributed by atoms with Crippen molar-refractivity contribution in [1.29, 1.82) is 0 Å². The minimum absolute atomic E-state index is 0.00154. The highest BCUT2D eigenvalue weighted by Gasteiger charge is 2.53. The van der Waals surface area contributed by atoms with Crippen LogP contribution in [-0.2, 0) is 14.3 Å². The summed E-state index contributed by atoms with van der Waals surface area (Å²) >= 11 is 0. The first-order chi connectivity index (χ1) is 12.6. The van der Waals surface area contributed by atoms with Crippen LogP contribution < -0.4 is 5.32 Å². The van der Waals surface area contributed by atoms with Gasteiger partial charge in [-0.3, -0.25) is 19.5 Å². The van der Waals surface area contributed by atoms with E-state index in [0.717, 1.165) is 31.6 Å². The molecule has 0 saturated carbocycles. The number of nitrogens with one attached hydrogen (secondary N) is 1. The molecule has 3 rings (SSSR count). The highest BCUT2D eigenvalue weighted by atomic mass is 16.5. The number of pyridine rings is 1. The molecule has 2 aliphatic rings. The summed E-state index contributed by atoms with van der Waals surface area (Å²) in [5.74, 6) is 0.0471. The van der Waals surface area contributed by atoms with Gasteiger partial charge in [0.2, 0.25) is 11.8 Å². The fourth-order valence-corrected chi connectivity index (χ4v) is 4.40. The van der Waals surface area contributed by atoms with Gasteiger partial charge in [-0.05, 0) is 44.5 Å². The first-order valence-electron chi connectivity index (χ1n) is 9.33. The van der Waals surface area contributed by atoms with Crippen LogP contribution in [0, 0.1) is 5.41 Å². The highest BCUT2D eigenvalue weighted by Crippen LogP contribution is 2.44. The number of aromatic nitrogens is 1. The van der Waals surface area contributed by atoms with E-state index in [1.165, 1.54) is 7.11 Å². The molecule has 2 aliphatic heterocycles. The molecule has 2 saturated heterocycles. The van der Waals surface area contributed by atoms with E-state index in [9.17, 15) is 9.59 Å². The number of nitrogens with zero attached hydrogens (tertiary/aromatic N) is 3. The smallest absolute Gasteiger partial charge is 0.248 e. The van der Waals surface area contributed by atoms with Crippen LogP contribution in [0.4, 0.5) is 5.69 Å². The van der Waals surface area contributed by atoms with E-state index in [4.69, 9.17) is 4.74 Å². The van der Waals surface area contributed by atoms with Gasteiger partial charge >= 0.3 is 0 Å². The molecule has 1 aromatic rings. The molecule has 0 spiro atoms. The zero-order valence-corrected chi connectivity index (χ0v) is 15.6. The predicted molar refractivity (Wildman–Crippen MR) is 98.6 cm³/mol. The van der Waals surface area contributed by atoms with E-state index in [0.29, 0.717) is 19.5 Å². The van der Waals surface area contributed by atoms with Crippen LogP contribution in [-0.4, -0.2) is 72.5 Å². The molecule has 0 unspecified atom stereocenters. The Balaban J connectivity index is 1.81. The molecule has 1 aromatic heterocycles. The molecule has 1 N–H and O–H groups in total. The molecule has 7 nitrogen and oxygen atoms in total. The average Bonchev–Trinajstić information content (AvgIpc) is 2.90. The minimum Gasteiger partial charge on any atom is -0.375 e. The number of hydrogen-bond donors (Lipinski definition) is 1. The number of fused-ring (bicyclic) bond motifs is 1. The molecular weight excluding hydrogens is 332 g/mol. The van der Waals surface area contributed by atoms with Crippen LogP contribution in [0.2, 0.25) is 0 Å². The number of likely N-dealkylation sites (tertiary alicyclic amines) is 2. The van der Waals surface area contributed by atoms with E-state index in [-0.39, 0.29) is 24.5 Å². The lowest BCUT2D eigenvalue weighted by Crippen LogP contribution is -2.47. The molecule has 0 aromatic carbocycles. The third-order valence-corrected chi connectivity index (χ3v) is 5.82. The van der Waals surface area contributed by atoms with Gasteiger partial charge < -0.3 is 15.0 Å². The summed E-state index contributed by atoms with van der Waals surface area (Å²) < 4.78 is 5.00. The van der Waals surface area contributed by atoms with Crippen LogP contribution in [0.5, 0.6) is 0 Å². The van der Waals surface area contributed by atoms with Gasteiger partial charge in [-0.25, -0.2) is 0 Å². The number of methoxy groups -OCH3 is 1. The number of carbonyl (C=O) groups excluding carboxylic acids is 2. The van der Waals surface area contributed by atoms with Gasteiger partial charge in [-0.2, -0.15) is 0 Å². The second-order valence-electron chi connectivity index (χ2n) is 7.10. The molecule has 7 heteroatoms. The summed E-state index contributed by atoms with van der Waals surface area (Å²) in [5, 5.41) is 3.06. The lowest BCUT2D eigenvalue weighted by atomic mass is 9.75. The van der Waals surface area contributed by atoms with Gasteiger partial charge in [-0.15, -0.1) is 0 Å². The van der Waals surface area contributed by atoms with Crippen molar-refractivity contribution in [3.63, 3.8) is 0 Å². The molecule has 0 aliphatic carbocycles. The predicted octanol–water partition coefficient (Wildman–Crippen LogP) is 1.37. The van der Waals surface area contributed by atoms with Gasteiger partial charge in [0.05, 0.1) is 17.3 Å². The van der Waals surface area contributed by atoms with Gasteiger partial charge in [-0.1, -0.05) is 6.92 Å². The second-order valence-corrected chi connectivity index (χ2v) is 7.10. The third kappa shape index (κ3) is 3.59. The molecule has 0 bridgehead atoms. The lowest BCUT2D eigenvalue weighted by molar-refractivity contribution is -0.135. The molecule has 26 heavy (non-hydrogen) atoms. The fraction of sp³-hybridized carbons (Fsp3) is 0.632. The maximum atomic E-state index is 13.3. The van der Waals surface area contributed by atoms with E-state index in [1.807, 2.05) is 17.0 Å². The van der Waals surface area contributed by atoms with Crippen LogP contribution in [0.1, 0.15) is 26.2 Å². The van der Waals surface area contributed by atoms with Crippen LogP contribution in [0.25, 0.3) is 0 Å². The van der Waals surface area contributed by atoms with E-state index in [1.54, 1.807) is 12.4 Å². The van der Waals surface area contributed by atoms with Gasteiger partial charge in [0, 0.05) is 32.4 Å². The zero-order valence-electron chi connectivity index (χ0n) is 15.6. The summed E-state index contributed by atoms with van der Waals surface area (Å²) in [6, 6.07) is 3.83. The molecule has 2 amide bonds. The van der Waals surface area contributed by atoms with Crippen LogP contribution in [0.3, 0.4) is 0 Å². The van der Waals surface area contributed by atoms with Crippen molar-refractivity contribution in [2.45, 2.75) is 32.2 Å². The first kappa shape index (κ1) is 18.8. The normalized spacial score (nSPS) is 26.2. The number of ether oxygens (including phenoxy) is 1. The average molecular weight is 360 g/mol. The maximum Gasteiger partial charge on any atom is 0.248 e. The quantitative estimate of drug-likeness (QED) is 0.858. The molecule has 142 valence electrons. The number of rotatable bonds is 5. The van der Waals surface area contributed by atoms with Crippen LogP contribution >= 0.6 is 0 Å². The zero-order chi connectivity index (χ0) is 18.6. The lowest BCUT2D eigenvalue weighted by Gasteiger charge is -2.35. The van der Waals surface area contributed by atoms with E-state index < -0.39 is 5.41 Å². The third-order valence-electron chi connectivity index (χ3n) is 5.82. The summed E-state index contributed by atoms with van der Waals surface area (Å²) in [5.41, 5.74) is 0.255. The molecular formula is C19H28N4O3. The summed E-state index contributed by atoms with van der Waals surface area (Å²) in [6.07, 6.45) is 5.67. The van der Waals surface area contributed by atoms with Crippen molar-refractivity contribution < 1.29 is 14.3 Å². The summed E-state index contributed by atoms with van der Waals surface area (Å²) in [4.78, 5) is 33.9. The Morgan fingerprint density at radius 1 is 1.35 bits per heavy atom. The number of carbonyl (C=O) groups is 2. The van der Waals surface area contributed by atoms with Crippen molar-refractivity contribution in [2.75, 3.05) is 45.2 Å². The van der Waals surface area contributed by atoms with Gasteiger partial charge in [0.25, 0.3) is 0 Å². The van der Waals surface area contributed by atoms with Crippen molar-refractivity contribution >= 4 is 17.5 Å². The second kappa shape index (κ2) is 8.14. The Morgan fingerprint density at radius 2 is 2.15 bits per heavy atom. The number of anilines is 1. The Labute approximate surface area is 154 Å². The molecule has 2 fully saturated rings. The highest BCUT2D eigenvalue weighted by molar-refractivity contribution is 5.96. The van der Waals surface area contributed by atoms with Crippen LogP contribution in [0.15, 0.2) is 24.5 Å². The number of amides is 2. The first-order valence-corrected chi connectivity index (χ1v) is 9.33. The standard InChI is InChI=1S/C19H28N4O3/c1-3-22-11-7-19(18(25)21-15-5-4-9-20-13-15)8-12-23(10-6-16(19)22)17(24)14-26-2/h4-5,9,13,16H,3,6-8,10-12,14H2,1-2H3,(H,21,25)/t16-,19-/m0/s1. The maximum absolute atomic E-state index is 13.3. The SMILES string of the molecule is CCN1CC[C@]2(C(=O)Nc3cccnc3)CCN(C(=O)COC)CC[C@H]12. The van der Waals surface area contributed by atoms with Crippen molar-refractivity contribution in [1.82, 2.24) is 14.8 Å². The Bertz CT molecular complexity index is 639. The fourth-order valence-electron chi connectivity index (χ4n) is 4.40. The summed E-state index contributed by atoms with van der Waals surface area (Å²) in [6.45, 7) is 5.33. The van der Waals surface area contributed by atoms with E-state index >= 15 is 0 Å². The Hall–Kier alpha value is -1.99. The molecule has 2 atom stereocenters. The monoisotopic (exact) mass is 360 g/mol. The largest absolute Gasteiger partial charge is 0.375 e. The van der Waals surface area contributed by atoms with Crippen molar-refractivity contribution in [3.05, 3.63) is 24.5 Å². The number of hydrogen-bond acceptors (Lipinski definition) is 5. The minimum atomic E-state index is -0.464. The topological polar surface area (TPSA) is 74.8 Å².